The second-order valence-electron chi connectivity index (χ2n) is 4.53. The minimum atomic E-state index is -1.51. The molecule has 1 heterocycles. The van der Waals surface area contributed by atoms with Crippen LogP contribution in [-0.4, -0.2) is 33.6 Å². The van der Waals surface area contributed by atoms with E-state index >= 15 is 0 Å². The van der Waals surface area contributed by atoms with Gasteiger partial charge in [-0.25, -0.2) is 4.90 Å². The number of rotatable bonds is 5. The van der Waals surface area contributed by atoms with Crippen molar-refractivity contribution >= 4 is 17.6 Å². The fourth-order valence-corrected chi connectivity index (χ4v) is 2.14. The Hall–Kier alpha value is -2.57. The van der Waals surface area contributed by atoms with Crippen LogP contribution < -0.4 is 0 Å². The lowest BCUT2D eigenvalue weighted by atomic mass is 10.1. The molecule has 0 aromatic heterocycles. The smallest absolute Gasteiger partial charge is 0.296 e. The summed E-state index contributed by atoms with van der Waals surface area (Å²) in [5.74, 6) is -1.60. The van der Waals surface area contributed by atoms with Crippen molar-refractivity contribution in [2.24, 2.45) is 0 Å². The Morgan fingerprint density at radius 3 is 2.15 bits per heavy atom. The summed E-state index contributed by atoms with van der Waals surface area (Å²) in [6, 6.07) is 6.09. The van der Waals surface area contributed by atoms with Crippen molar-refractivity contribution in [3.05, 3.63) is 45.5 Å². The fourth-order valence-electron chi connectivity index (χ4n) is 2.14. The topological polar surface area (TPSA) is 97.6 Å². The van der Waals surface area contributed by atoms with Crippen molar-refractivity contribution in [3.8, 4) is 0 Å². The summed E-state index contributed by atoms with van der Waals surface area (Å²) in [4.78, 5) is 46.2. The van der Waals surface area contributed by atoms with Crippen LogP contribution in [0.15, 0.2) is 24.3 Å². The van der Waals surface area contributed by atoms with Crippen molar-refractivity contribution < 1.29 is 19.3 Å². The molecule has 7 nitrogen and oxygen atoms in total. The summed E-state index contributed by atoms with van der Waals surface area (Å²) in [5, 5.41) is 11.1. The Kier molecular flexibility index (Phi) is 3.60. The lowest BCUT2D eigenvalue weighted by molar-refractivity contribution is -0.541. The van der Waals surface area contributed by atoms with E-state index in [2.05, 4.69) is 0 Å². The van der Waals surface area contributed by atoms with Crippen molar-refractivity contribution in [1.29, 1.82) is 0 Å². The maximum Gasteiger partial charge on any atom is 0.296 e. The van der Waals surface area contributed by atoms with Gasteiger partial charge in [0.1, 0.15) is 5.78 Å². The molecular weight excluding hydrogens is 264 g/mol. The number of hydrogen-bond acceptors (Lipinski definition) is 5. The summed E-state index contributed by atoms with van der Waals surface area (Å²) >= 11 is 0. The van der Waals surface area contributed by atoms with E-state index in [0.717, 1.165) is 0 Å². The Labute approximate surface area is 114 Å². The molecule has 1 unspecified atom stereocenters. The molecule has 1 aliphatic heterocycles. The number of amides is 2. The second kappa shape index (κ2) is 5.20. The largest absolute Gasteiger partial charge is 0.300 e. The Morgan fingerprint density at radius 1 is 1.25 bits per heavy atom. The molecule has 0 fully saturated rings. The van der Waals surface area contributed by atoms with Gasteiger partial charge in [0.25, 0.3) is 18.0 Å². The zero-order chi connectivity index (χ0) is 14.9. The molecule has 20 heavy (non-hydrogen) atoms. The number of benzene rings is 1. The highest BCUT2D eigenvalue weighted by molar-refractivity contribution is 6.21. The van der Waals surface area contributed by atoms with Crippen molar-refractivity contribution in [1.82, 2.24) is 4.90 Å². The normalized spacial score (nSPS) is 15.2. The van der Waals surface area contributed by atoms with Gasteiger partial charge >= 0.3 is 0 Å². The number of ketones is 1. The predicted molar refractivity (Wildman–Crippen MR) is 67.6 cm³/mol. The predicted octanol–water partition coefficient (Wildman–Crippen LogP) is 1.25. The minimum absolute atomic E-state index is 0.0565. The number of carbonyl (C=O) groups excluding carboxylic acids is 3. The fraction of sp³-hybridized carbons (Fsp3) is 0.308. The first-order valence-electron chi connectivity index (χ1n) is 6.03. The van der Waals surface area contributed by atoms with Gasteiger partial charge in [-0.15, -0.1) is 0 Å². The van der Waals surface area contributed by atoms with Gasteiger partial charge in [0, 0.05) is 17.8 Å². The molecule has 0 aliphatic carbocycles. The van der Waals surface area contributed by atoms with Crippen LogP contribution in [0.5, 0.6) is 0 Å². The zero-order valence-corrected chi connectivity index (χ0v) is 10.7. The van der Waals surface area contributed by atoms with E-state index in [1.165, 1.54) is 19.1 Å². The molecule has 104 valence electrons. The van der Waals surface area contributed by atoms with Crippen LogP contribution in [0, 0.1) is 10.1 Å². The lowest BCUT2D eigenvalue weighted by Crippen LogP contribution is -2.44. The summed E-state index contributed by atoms with van der Waals surface area (Å²) in [6.45, 7) is 1.30. The highest BCUT2D eigenvalue weighted by Crippen LogP contribution is 2.26. The molecule has 0 saturated carbocycles. The quantitative estimate of drug-likeness (QED) is 0.458. The maximum atomic E-state index is 12.1. The molecule has 0 saturated heterocycles. The van der Waals surface area contributed by atoms with Crippen LogP contribution in [0.3, 0.4) is 0 Å². The van der Waals surface area contributed by atoms with Crippen molar-refractivity contribution in [2.75, 3.05) is 0 Å². The molecule has 0 spiro atoms. The number of carbonyl (C=O) groups is 3. The molecule has 0 bridgehead atoms. The summed E-state index contributed by atoms with van der Waals surface area (Å²) in [5.41, 5.74) is 0.319. The monoisotopic (exact) mass is 276 g/mol. The Morgan fingerprint density at radius 2 is 1.75 bits per heavy atom. The van der Waals surface area contributed by atoms with E-state index in [0.29, 0.717) is 4.90 Å². The highest BCUT2D eigenvalue weighted by Gasteiger charge is 2.44. The molecule has 1 aromatic rings. The molecule has 1 atom stereocenters. The molecule has 0 radical (unpaired) electrons. The average molecular weight is 276 g/mol. The van der Waals surface area contributed by atoms with Gasteiger partial charge in [-0.1, -0.05) is 12.1 Å². The van der Waals surface area contributed by atoms with E-state index in [-0.39, 0.29) is 29.8 Å². The first kappa shape index (κ1) is 13.9. The molecule has 1 aliphatic rings. The van der Waals surface area contributed by atoms with Gasteiger partial charge < -0.3 is 4.79 Å². The number of nitro groups is 1. The van der Waals surface area contributed by atoms with Gasteiger partial charge in [-0.3, -0.25) is 19.7 Å². The number of Topliss-reactive ketones (excluding diaryl/α,β-unsaturated/α-hetero) is 1. The van der Waals surface area contributed by atoms with Crippen molar-refractivity contribution in [3.63, 3.8) is 0 Å². The van der Waals surface area contributed by atoms with Crippen LogP contribution in [0.4, 0.5) is 0 Å². The molecule has 0 N–H and O–H groups in total. The number of hydrogen-bond donors (Lipinski definition) is 0. The summed E-state index contributed by atoms with van der Waals surface area (Å²) in [7, 11) is 0. The van der Waals surface area contributed by atoms with E-state index in [9.17, 15) is 24.5 Å². The van der Waals surface area contributed by atoms with Gasteiger partial charge in [-0.2, -0.15) is 0 Å². The lowest BCUT2D eigenvalue weighted by Gasteiger charge is -2.18. The van der Waals surface area contributed by atoms with Crippen LogP contribution in [0.1, 0.15) is 40.5 Å². The van der Waals surface area contributed by atoms with Crippen LogP contribution >= 0.6 is 0 Å². The molecular formula is C13H12N2O5. The van der Waals surface area contributed by atoms with Crippen LogP contribution in [0.2, 0.25) is 0 Å². The third-order valence-electron chi connectivity index (χ3n) is 3.12. The average Bonchev–Trinajstić information content (AvgIpc) is 2.64. The van der Waals surface area contributed by atoms with Crippen molar-refractivity contribution in [2.45, 2.75) is 25.9 Å². The molecule has 1 aromatic carbocycles. The van der Waals surface area contributed by atoms with Gasteiger partial charge in [0.2, 0.25) is 0 Å². The number of nitrogens with zero attached hydrogens (tertiary/aromatic N) is 2. The second-order valence-corrected chi connectivity index (χ2v) is 4.53. The summed E-state index contributed by atoms with van der Waals surface area (Å²) in [6.07, 6.45) is -1.74. The van der Waals surface area contributed by atoms with E-state index in [4.69, 9.17) is 0 Å². The minimum Gasteiger partial charge on any atom is -0.300 e. The van der Waals surface area contributed by atoms with Gasteiger partial charge in [0.05, 0.1) is 11.1 Å². The van der Waals surface area contributed by atoms with Gasteiger partial charge in [-0.05, 0) is 19.1 Å². The van der Waals surface area contributed by atoms with Gasteiger partial charge in [0.15, 0.2) is 0 Å². The molecule has 7 heteroatoms. The molecule has 2 rings (SSSR count). The Bertz CT molecular complexity index is 576. The SMILES string of the molecule is CC(=O)CCC(N1C(=O)c2ccccc2C1=O)[N+](=O)[O-]. The van der Waals surface area contributed by atoms with E-state index in [1.54, 1.807) is 12.1 Å². The van der Waals surface area contributed by atoms with E-state index < -0.39 is 22.9 Å². The third-order valence-corrected chi connectivity index (χ3v) is 3.12. The maximum absolute atomic E-state index is 12.1. The summed E-state index contributed by atoms with van der Waals surface area (Å²) < 4.78 is 0. The standard InChI is InChI=1S/C13H12N2O5/c1-8(16)6-7-11(15(19)20)14-12(17)9-4-2-3-5-10(9)13(14)18/h2-5,11H,6-7H2,1H3. The highest BCUT2D eigenvalue weighted by atomic mass is 16.6. The van der Waals surface area contributed by atoms with Crippen LogP contribution in [-0.2, 0) is 4.79 Å². The number of imide groups is 1. The third kappa shape index (κ3) is 2.29. The molecule has 2 amide bonds. The van der Waals surface area contributed by atoms with Crippen LogP contribution in [0.25, 0.3) is 0 Å². The first-order valence-corrected chi connectivity index (χ1v) is 6.03. The number of fused-ring (bicyclic) bond motifs is 1. The zero-order valence-electron chi connectivity index (χ0n) is 10.7. The first-order chi connectivity index (χ1) is 9.43. The Balaban J connectivity index is 2.32. The van der Waals surface area contributed by atoms with E-state index in [1.807, 2.05) is 0 Å².